The maximum absolute atomic E-state index is 6.31. The molecular formula is C45H28N4O. The van der Waals surface area contributed by atoms with Gasteiger partial charge in [-0.15, -0.1) is 0 Å². The maximum Gasteiger partial charge on any atom is 0.199 e. The smallest absolute Gasteiger partial charge is 0.199 e. The number of furan rings is 1. The molecule has 7 aromatic carbocycles. The Balaban J connectivity index is 1.17. The van der Waals surface area contributed by atoms with Gasteiger partial charge < -0.3 is 8.98 Å². The van der Waals surface area contributed by atoms with E-state index in [0.717, 1.165) is 44.4 Å². The average Bonchev–Trinajstić information content (AvgIpc) is 3.77. The molecule has 0 N–H and O–H groups in total. The predicted molar refractivity (Wildman–Crippen MR) is 203 cm³/mol. The minimum absolute atomic E-state index is 0.483. The summed E-state index contributed by atoms with van der Waals surface area (Å²) in [5, 5.41) is 5.83. The Hall–Kier alpha value is -6.85. The number of aromatic nitrogens is 4. The monoisotopic (exact) mass is 640 g/mol. The molecule has 0 atom stereocenters. The zero-order valence-corrected chi connectivity index (χ0v) is 26.9. The topological polar surface area (TPSA) is 56.7 Å². The summed E-state index contributed by atoms with van der Waals surface area (Å²) in [6.07, 6.45) is 0. The molecule has 0 bridgehead atoms. The van der Waals surface area contributed by atoms with Crippen LogP contribution in [0.15, 0.2) is 174 Å². The van der Waals surface area contributed by atoms with Crippen molar-refractivity contribution in [1.29, 1.82) is 0 Å². The minimum Gasteiger partial charge on any atom is -0.453 e. The Bertz CT molecular complexity index is 2790. The van der Waals surface area contributed by atoms with Crippen LogP contribution in [0, 0.1) is 0 Å². The fourth-order valence-electron chi connectivity index (χ4n) is 7.14. The second-order valence-corrected chi connectivity index (χ2v) is 12.4. The van der Waals surface area contributed by atoms with Crippen LogP contribution in [-0.4, -0.2) is 19.5 Å². The fraction of sp³-hybridized carbons (Fsp3) is 0. The van der Waals surface area contributed by atoms with Crippen LogP contribution >= 0.6 is 0 Å². The third-order valence-electron chi connectivity index (χ3n) is 9.49. The summed E-state index contributed by atoms with van der Waals surface area (Å²) in [5.74, 6) is 2.22. The van der Waals surface area contributed by atoms with Crippen molar-refractivity contribution < 1.29 is 4.42 Å². The highest BCUT2D eigenvalue weighted by molar-refractivity contribution is 6.09. The van der Waals surface area contributed by atoms with Gasteiger partial charge in [-0.1, -0.05) is 133 Å². The molecule has 50 heavy (non-hydrogen) atoms. The Labute approximate surface area is 287 Å². The molecule has 0 aliphatic carbocycles. The molecule has 10 rings (SSSR count). The van der Waals surface area contributed by atoms with Gasteiger partial charge in [0.15, 0.2) is 23.2 Å². The standard InChI is InChI=1S/C45H28N4O/c1-3-15-33-29(12-1)14-11-19-34(33)30-24-26-31(27-25-30)43-46-44(48-45(47-43)42-28-32-13-2-10-23-41(32)50-42)37-18-6-9-22-40(37)49-38-20-7-4-16-35(38)36-17-5-8-21-39(36)49/h1-28H. The van der Waals surface area contributed by atoms with Gasteiger partial charge in [-0.25, -0.2) is 15.0 Å². The van der Waals surface area contributed by atoms with Gasteiger partial charge in [0.2, 0.25) is 0 Å². The van der Waals surface area contributed by atoms with E-state index in [2.05, 4.69) is 138 Å². The van der Waals surface area contributed by atoms with E-state index in [4.69, 9.17) is 19.4 Å². The van der Waals surface area contributed by atoms with E-state index in [9.17, 15) is 0 Å². The van der Waals surface area contributed by atoms with E-state index in [-0.39, 0.29) is 0 Å². The highest BCUT2D eigenvalue weighted by atomic mass is 16.3. The SMILES string of the molecule is c1ccc(-n2c3ccccc3c3ccccc32)c(-c2nc(-c3ccc(-c4cccc5ccccc45)cc3)nc(-c3cc4ccccc4o3)n2)c1. The molecule has 5 nitrogen and oxygen atoms in total. The van der Waals surface area contributed by atoms with Crippen LogP contribution in [-0.2, 0) is 0 Å². The van der Waals surface area contributed by atoms with Gasteiger partial charge in [-0.3, -0.25) is 0 Å². The lowest BCUT2D eigenvalue weighted by molar-refractivity contribution is 0.625. The van der Waals surface area contributed by atoms with Gasteiger partial charge in [0, 0.05) is 27.3 Å². The third-order valence-corrected chi connectivity index (χ3v) is 9.49. The van der Waals surface area contributed by atoms with E-state index in [1.54, 1.807) is 0 Å². The Kier molecular flexibility index (Phi) is 6.42. The van der Waals surface area contributed by atoms with Crippen LogP contribution < -0.4 is 0 Å². The Morgan fingerprint density at radius 2 is 0.960 bits per heavy atom. The van der Waals surface area contributed by atoms with Crippen molar-refractivity contribution in [1.82, 2.24) is 19.5 Å². The molecule has 0 spiro atoms. The van der Waals surface area contributed by atoms with Gasteiger partial charge in [0.25, 0.3) is 0 Å². The maximum atomic E-state index is 6.31. The van der Waals surface area contributed by atoms with Crippen molar-refractivity contribution in [3.63, 3.8) is 0 Å². The fourth-order valence-corrected chi connectivity index (χ4v) is 7.14. The molecule has 0 saturated carbocycles. The second kappa shape index (κ2) is 11.4. The second-order valence-electron chi connectivity index (χ2n) is 12.4. The van der Waals surface area contributed by atoms with Crippen LogP contribution in [0.2, 0.25) is 0 Å². The summed E-state index contributed by atoms with van der Waals surface area (Å²) in [7, 11) is 0. The lowest BCUT2D eigenvalue weighted by Gasteiger charge is -2.14. The summed E-state index contributed by atoms with van der Waals surface area (Å²) >= 11 is 0. The number of hydrogen-bond acceptors (Lipinski definition) is 4. The quantitative estimate of drug-likeness (QED) is 0.188. The predicted octanol–water partition coefficient (Wildman–Crippen LogP) is 11.5. The molecule has 0 amide bonds. The van der Waals surface area contributed by atoms with Crippen molar-refractivity contribution in [3.8, 4) is 51.2 Å². The first-order chi connectivity index (χ1) is 24.8. The van der Waals surface area contributed by atoms with Crippen molar-refractivity contribution in [2.24, 2.45) is 0 Å². The molecule has 3 aromatic heterocycles. The zero-order valence-electron chi connectivity index (χ0n) is 26.9. The number of benzene rings is 7. The van der Waals surface area contributed by atoms with Gasteiger partial charge >= 0.3 is 0 Å². The minimum atomic E-state index is 0.483. The van der Waals surface area contributed by atoms with Gasteiger partial charge in [-0.05, 0) is 58.3 Å². The molecule has 0 aliphatic rings. The summed E-state index contributed by atoms with van der Waals surface area (Å²) in [6.45, 7) is 0. The summed E-state index contributed by atoms with van der Waals surface area (Å²) < 4.78 is 8.62. The Morgan fingerprint density at radius 1 is 0.400 bits per heavy atom. The summed E-state index contributed by atoms with van der Waals surface area (Å²) in [6, 6.07) is 58.8. The van der Waals surface area contributed by atoms with E-state index in [0.29, 0.717) is 23.2 Å². The highest BCUT2D eigenvalue weighted by Crippen LogP contribution is 2.37. The molecule has 0 radical (unpaired) electrons. The first-order valence-corrected chi connectivity index (χ1v) is 16.7. The highest BCUT2D eigenvalue weighted by Gasteiger charge is 2.20. The van der Waals surface area contributed by atoms with Crippen molar-refractivity contribution >= 4 is 43.5 Å². The van der Waals surface area contributed by atoms with E-state index >= 15 is 0 Å². The third kappa shape index (κ3) is 4.60. The van der Waals surface area contributed by atoms with E-state index in [1.165, 1.54) is 27.1 Å². The van der Waals surface area contributed by atoms with Crippen LogP contribution in [0.1, 0.15) is 0 Å². The number of hydrogen-bond donors (Lipinski definition) is 0. The first-order valence-electron chi connectivity index (χ1n) is 16.7. The largest absolute Gasteiger partial charge is 0.453 e. The number of fused-ring (bicyclic) bond motifs is 5. The summed E-state index contributed by atoms with van der Waals surface area (Å²) in [4.78, 5) is 15.3. The van der Waals surface area contributed by atoms with E-state index < -0.39 is 0 Å². The zero-order chi connectivity index (χ0) is 33.0. The lowest BCUT2D eigenvalue weighted by Crippen LogP contribution is -2.03. The molecule has 0 aliphatic heterocycles. The molecular weight excluding hydrogens is 613 g/mol. The molecule has 0 fully saturated rings. The van der Waals surface area contributed by atoms with Gasteiger partial charge in [0.05, 0.1) is 16.7 Å². The number of nitrogens with zero attached hydrogens (tertiary/aromatic N) is 4. The normalized spacial score (nSPS) is 11.6. The Morgan fingerprint density at radius 3 is 1.74 bits per heavy atom. The number of para-hydroxylation sites is 4. The van der Waals surface area contributed by atoms with Crippen LogP contribution in [0.4, 0.5) is 0 Å². The molecule has 5 heteroatoms. The van der Waals surface area contributed by atoms with Crippen LogP contribution in [0.3, 0.4) is 0 Å². The average molecular weight is 641 g/mol. The lowest BCUT2D eigenvalue weighted by atomic mass is 9.97. The van der Waals surface area contributed by atoms with E-state index in [1.807, 2.05) is 36.4 Å². The molecule has 0 saturated heterocycles. The van der Waals surface area contributed by atoms with Crippen LogP contribution in [0.5, 0.6) is 0 Å². The molecule has 234 valence electrons. The first kappa shape index (κ1) is 28.2. The molecule has 3 heterocycles. The summed E-state index contributed by atoms with van der Waals surface area (Å²) in [5.41, 5.74) is 8.13. The van der Waals surface area contributed by atoms with Crippen molar-refractivity contribution in [3.05, 3.63) is 170 Å². The number of rotatable bonds is 5. The molecule has 0 unspecified atom stereocenters. The van der Waals surface area contributed by atoms with Crippen molar-refractivity contribution in [2.45, 2.75) is 0 Å². The van der Waals surface area contributed by atoms with Crippen molar-refractivity contribution in [2.75, 3.05) is 0 Å². The van der Waals surface area contributed by atoms with Crippen LogP contribution in [0.25, 0.3) is 94.7 Å². The van der Waals surface area contributed by atoms with Gasteiger partial charge in [0.1, 0.15) is 5.58 Å². The molecule has 10 aromatic rings. The van der Waals surface area contributed by atoms with Gasteiger partial charge in [-0.2, -0.15) is 0 Å².